The van der Waals surface area contributed by atoms with Gasteiger partial charge in [0.05, 0.1) is 26.2 Å². The molecular formula is C12H23NO4. The molecule has 0 saturated carbocycles. The van der Waals surface area contributed by atoms with Gasteiger partial charge in [-0.05, 0) is 33.7 Å². The third kappa shape index (κ3) is 5.02. The summed E-state index contributed by atoms with van der Waals surface area (Å²) in [5, 5.41) is 0. The Morgan fingerprint density at radius 1 is 1.41 bits per heavy atom. The topological polar surface area (TPSA) is 70.8 Å². The second-order valence-electron chi connectivity index (χ2n) is 5.39. The molecule has 2 N–H and O–H groups in total. The van der Waals surface area contributed by atoms with Crippen molar-refractivity contribution in [1.29, 1.82) is 0 Å². The summed E-state index contributed by atoms with van der Waals surface area (Å²) in [7, 11) is 0. The van der Waals surface area contributed by atoms with Gasteiger partial charge in [-0.25, -0.2) is 0 Å². The van der Waals surface area contributed by atoms with E-state index in [9.17, 15) is 4.79 Å². The maximum Gasteiger partial charge on any atom is 0.309 e. The summed E-state index contributed by atoms with van der Waals surface area (Å²) in [6.45, 7) is 7.48. The van der Waals surface area contributed by atoms with E-state index in [1.807, 2.05) is 20.8 Å². The van der Waals surface area contributed by atoms with E-state index in [2.05, 4.69) is 0 Å². The molecule has 1 saturated heterocycles. The lowest BCUT2D eigenvalue weighted by molar-refractivity contribution is -0.185. The average Bonchev–Trinajstić information content (AvgIpc) is 2.15. The lowest BCUT2D eigenvalue weighted by Gasteiger charge is -2.36. The van der Waals surface area contributed by atoms with Gasteiger partial charge >= 0.3 is 5.97 Å². The minimum atomic E-state index is -0.602. The number of nitrogens with two attached hydrogens (primary N) is 1. The predicted molar refractivity (Wildman–Crippen MR) is 63.6 cm³/mol. The van der Waals surface area contributed by atoms with Gasteiger partial charge in [-0.1, -0.05) is 0 Å². The molecule has 17 heavy (non-hydrogen) atoms. The zero-order valence-corrected chi connectivity index (χ0v) is 11.0. The Morgan fingerprint density at radius 3 is 2.59 bits per heavy atom. The van der Waals surface area contributed by atoms with Gasteiger partial charge in [0.1, 0.15) is 11.2 Å². The van der Waals surface area contributed by atoms with Gasteiger partial charge in [-0.3, -0.25) is 4.79 Å². The standard InChI is InChI=1S/C12H23NO4/c1-11(2,3)17-10(14)8-12(4-5-13)9-15-6-7-16-12/h4-9,13H2,1-3H3. The molecule has 1 heterocycles. The van der Waals surface area contributed by atoms with Crippen LogP contribution in [-0.4, -0.2) is 43.5 Å². The van der Waals surface area contributed by atoms with Crippen LogP contribution in [0.4, 0.5) is 0 Å². The molecule has 5 heteroatoms. The van der Waals surface area contributed by atoms with Crippen LogP contribution in [0.1, 0.15) is 33.6 Å². The molecule has 0 aromatic carbocycles. The maximum absolute atomic E-state index is 11.8. The number of carbonyl (C=O) groups excluding carboxylic acids is 1. The molecule has 1 fully saturated rings. The van der Waals surface area contributed by atoms with Crippen molar-refractivity contribution in [1.82, 2.24) is 0 Å². The fourth-order valence-corrected chi connectivity index (χ4v) is 1.86. The highest BCUT2D eigenvalue weighted by molar-refractivity contribution is 5.71. The van der Waals surface area contributed by atoms with Crippen LogP contribution in [0.15, 0.2) is 0 Å². The van der Waals surface area contributed by atoms with Crippen molar-refractivity contribution in [2.45, 2.75) is 44.8 Å². The van der Waals surface area contributed by atoms with E-state index in [1.165, 1.54) is 0 Å². The Morgan fingerprint density at radius 2 is 2.12 bits per heavy atom. The summed E-state index contributed by atoms with van der Waals surface area (Å²) in [6.07, 6.45) is 0.799. The molecule has 1 aliphatic rings. The smallest absolute Gasteiger partial charge is 0.309 e. The number of rotatable bonds is 4. The van der Waals surface area contributed by atoms with Gasteiger partial charge in [-0.2, -0.15) is 0 Å². The third-order valence-corrected chi connectivity index (χ3v) is 2.49. The monoisotopic (exact) mass is 245 g/mol. The summed E-state index contributed by atoms with van der Waals surface area (Å²) in [5.74, 6) is -0.267. The molecule has 100 valence electrons. The number of hydrogen-bond acceptors (Lipinski definition) is 5. The first-order valence-electron chi connectivity index (χ1n) is 6.00. The van der Waals surface area contributed by atoms with Crippen LogP contribution in [0.5, 0.6) is 0 Å². The largest absolute Gasteiger partial charge is 0.460 e. The molecule has 1 unspecified atom stereocenters. The average molecular weight is 245 g/mol. The van der Waals surface area contributed by atoms with Gasteiger partial charge in [-0.15, -0.1) is 0 Å². The van der Waals surface area contributed by atoms with E-state index < -0.39 is 11.2 Å². The van der Waals surface area contributed by atoms with Gasteiger partial charge in [0.15, 0.2) is 0 Å². The molecule has 0 amide bonds. The van der Waals surface area contributed by atoms with Crippen LogP contribution >= 0.6 is 0 Å². The van der Waals surface area contributed by atoms with Crippen molar-refractivity contribution in [2.24, 2.45) is 5.73 Å². The van der Waals surface area contributed by atoms with Crippen LogP contribution in [-0.2, 0) is 19.0 Å². The minimum absolute atomic E-state index is 0.196. The summed E-state index contributed by atoms with van der Waals surface area (Å²) >= 11 is 0. The molecule has 1 rings (SSSR count). The summed E-state index contributed by atoms with van der Waals surface area (Å²) in [5.41, 5.74) is 4.48. The van der Waals surface area contributed by atoms with Crippen molar-refractivity contribution < 1.29 is 19.0 Å². The van der Waals surface area contributed by atoms with Crippen LogP contribution < -0.4 is 5.73 Å². The van der Waals surface area contributed by atoms with Gasteiger partial charge in [0.2, 0.25) is 0 Å². The van der Waals surface area contributed by atoms with Crippen molar-refractivity contribution in [3.63, 3.8) is 0 Å². The summed E-state index contributed by atoms with van der Waals surface area (Å²) < 4.78 is 16.4. The van der Waals surface area contributed by atoms with Crippen molar-refractivity contribution in [2.75, 3.05) is 26.4 Å². The predicted octanol–water partition coefficient (Wildman–Crippen LogP) is 0.853. The normalized spacial score (nSPS) is 25.6. The highest BCUT2D eigenvalue weighted by Gasteiger charge is 2.37. The molecule has 0 aliphatic carbocycles. The van der Waals surface area contributed by atoms with Crippen LogP contribution in [0.25, 0.3) is 0 Å². The van der Waals surface area contributed by atoms with Crippen LogP contribution in [0, 0.1) is 0 Å². The lowest BCUT2D eigenvalue weighted by atomic mass is 9.95. The molecule has 0 aromatic rings. The Balaban J connectivity index is 2.57. The minimum Gasteiger partial charge on any atom is -0.460 e. The Labute approximate surface area is 103 Å². The van der Waals surface area contributed by atoms with Crippen molar-refractivity contribution in [3.05, 3.63) is 0 Å². The Bertz CT molecular complexity index is 248. The highest BCUT2D eigenvalue weighted by atomic mass is 16.6. The second-order valence-corrected chi connectivity index (χ2v) is 5.39. The quantitative estimate of drug-likeness (QED) is 0.744. The van der Waals surface area contributed by atoms with E-state index >= 15 is 0 Å². The van der Waals surface area contributed by atoms with Crippen molar-refractivity contribution in [3.8, 4) is 0 Å². The summed E-state index contributed by atoms with van der Waals surface area (Å²) in [6, 6.07) is 0. The molecule has 0 spiro atoms. The van der Waals surface area contributed by atoms with Gasteiger partial charge in [0.25, 0.3) is 0 Å². The van der Waals surface area contributed by atoms with E-state index in [1.54, 1.807) is 0 Å². The van der Waals surface area contributed by atoms with Crippen LogP contribution in [0.3, 0.4) is 0 Å². The van der Waals surface area contributed by atoms with E-state index in [0.717, 1.165) is 0 Å². The third-order valence-electron chi connectivity index (χ3n) is 2.49. The van der Waals surface area contributed by atoms with Gasteiger partial charge in [0, 0.05) is 0 Å². The second kappa shape index (κ2) is 5.80. The van der Waals surface area contributed by atoms with Crippen molar-refractivity contribution >= 4 is 5.97 Å². The number of esters is 1. The first-order valence-corrected chi connectivity index (χ1v) is 6.00. The number of carbonyl (C=O) groups is 1. The molecular weight excluding hydrogens is 222 g/mol. The molecule has 0 radical (unpaired) electrons. The maximum atomic E-state index is 11.8. The molecule has 1 aliphatic heterocycles. The fourth-order valence-electron chi connectivity index (χ4n) is 1.86. The van der Waals surface area contributed by atoms with E-state index in [0.29, 0.717) is 32.8 Å². The number of ether oxygens (including phenoxy) is 3. The van der Waals surface area contributed by atoms with Gasteiger partial charge < -0.3 is 19.9 Å². The highest BCUT2D eigenvalue weighted by Crippen LogP contribution is 2.25. The van der Waals surface area contributed by atoms with E-state index in [4.69, 9.17) is 19.9 Å². The SMILES string of the molecule is CC(C)(C)OC(=O)CC1(CCN)COCCO1. The summed E-state index contributed by atoms with van der Waals surface area (Å²) in [4.78, 5) is 11.8. The molecule has 0 bridgehead atoms. The molecule has 1 atom stereocenters. The zero-order valence-electron chi connectivity index (χ0n) is 11.0. The first kappa shape index (κ1) is 14.4. The molecule has 5 nitrogen and oxygen atoms in total. The zero-order chi connectivity index (χ0) is 12.9. The van der Waals surface area contributed by atoms with E-state index in [-0.39, 0.29) is 12.4 Å². The Hall–Kier alpha value is -0.650. The molecule has 0 aromatic heterocycles. The Kier molecular flexibility index (Phi) is 4.91. The first-order chi connectivity index (χ1) is 7.87. The lowest BCUT2D eigenvalue weighted by Crippen LogP contribution is -2.47. The van der Waals surface area contributed by atoms with Crippen LogP contribution in [0.2, 0.25) is 0 Å². The fraction of sp³-hybridized carbons (Fsp3) is 0.917. The number of hydrogen-bond donors (Lipinski definition) is 1.